The molecule has 0 spiro atoms. The van der Waals surface area contributed by atoms with E-state index in [4.69, 9.17) is 75.8 Å². The van der Waals surface area contributed by atoms with E-state index in [-0.39, 0.29) is 41.7 Å². The Kier molecular flexibility index (Phi) is 26.8. The number of ether oxygens (including phenoxy) is 16. The van der Waals surface area contributed by atoms with Crippen molar-refractivity contribution in [3.8, 4) is 0 Å². The van der Waals surface area contributed by atoms with Crippen molar-refractivity contribution >= 4 is 0 Å². The maximum Gasteiger partial charge on any atom is 0.187 e. The average Bonchev–Trinajstić information content (AvgIpc) is 1.09. The van der Waals surface area contributed by atoms with Crippen LogP contribution in [0.25, 0.3) is 0 Å². The Bertz CT molecular complexity index is 1710. The van der Waals surface area contributed by atoms with Crippen molar-refractivity contribution in [1.29, 1.82) is 0 Å². The summed E-state index contributed by atoms with van der Waals surface area (Å²) in [4.78, 5) is 0. The number of hydrogen-bond acceptors (Lipinski definition) is 40. The molecule has 40 nitrogen and oxygen atoms in total. The van der Waals surface area contributed by atoms with Gasteiger partial charge in [0.15, 0.2) is 50.3 Å². The second-order valence-electron chi connectivity index (χ2n) is 22.5. The summed E-state index contributed by atoms with van der Waals surface area (Å²) in [5, 5.41) is 265. The number of aliphatic hydroxyl groups is 24. The second kappa shape index (κ2) is 32.0. The molecule has 0 amide bonds. The fraction of sp³-hybridized carbons (Fsp3) is 1.00. The molecule has 30 aliphatic rings. The molecule has 16 bridgehead atoms. The maximum absolute atomic E-state index is 11.4. The van der Waals surface area contributed by atoms with Crippen molar-refractivity contribution in [2.75, 3.05) is 52.9 Å². The van der Waals surface area contributed by atoms with Gasteiger partial charge in [-0.05, 0) is 0 Å². The first kappa shape index (κ1) is 74.6. The second-order valence-corrected chi connectivity index (χ2v) is 22.5. The van der Waals surface area contributed by atoms with Crippen LogP contribution in [0.4, 0.5) is 0 Å². The predicted molar refractivity (Wildman–Crippen MR) is 261 cm³/mol. The van der Waals surface area contributed by atoms with Crippen molar-refractivity contribution in [2.45, 2.75) is 246 Å². The van der Waals surface area contributed by atoms with Crippen LogP contribution >= 0.6 is 0 Å². The van der Waals surface area contributed by atoms with Crippen molar-refractivity contribution < 1.29 is 240 Å². The molecule has 516 valence electrons. The summed E-state index contributed by atoms with van der Waals surface area (Å²) in [6.45, 7) is -8.64. The Hall–Kier alpha value is -0.223. The molecule has 30 aliphatic heterocycles. The van der Waals surface area contributed by atoms with E-state index in [0.29, 0.717) is 0 Å². The summed E-state index contributed by atoms with van der Waals surface area (Å²) in [6.07, 6.45) is -82.0. The van der Waals surface area contributed by atoms with E-state index in [1.54, 1.807) is 0 Å². The summed E-state index contributed by atoms with van der Waals surface area (Å²) in [7, 11) is 0. The zero-order chi connectivity index (χ0) is 64.1. The van der Waals surface area contributed by atoms with Crippen LogP contribution < -0.4 is 0 Å². The maximum atomic E-state index is 11.4. The molecular formula is C48H80CeO40. The Labute approximate surface area is 536 Å². The van der Waals surface area contributed by atoms with Crippen LogP contribution in [-0.2, 0) is 75.8 Å². The van der Waals surface area contributed by atoms with Crippen molar-refractivity contribution in [3.05, 3.63) is 0 Å². The van der Waals surface area contributed by atoms with Crippen LogP contribution in [0.5, 0.6) is 0 Å². The molecule has 41 heteroatoms. The van der Waals surface area contributed by atoms with Gasteiger partial charge in [0, 0.05) is 41.7 Å². The van der Waals surface area contributed by atoms with Gasteiger partial charge in [0.2, 0.25) is 0 Å². The van der Waals surface area contributed by atoms with Crippen molar-refractivity contribution in [2.24, 2.45) is 0 Å². The first-order valence-corrected chi connectivity index (χ1v) is 28.1. The molecule has 24 N–H and O–H groups in total. The Morgan fingerprint density at radius 1 is 0.146 bits per heavy atom. The minimum absolute atomic E-state index is 0. The molecule has 40 atom stereocenters. The fourth-order valence-electron chi connectivity index (χ4n) is 11.9. The molecule has 30 rings (SSSR count). The summed E-state index contributed by atoms with van der Waals surface area (Å²) in [6, 6.07) is 0. The molecule has 89 heavy (non-hydrogen) atoms. The molecule has 0 aromatic heterocycles. The van der Waals surface area contributed by atoms with E-state index in [1.165, 1.54) is 0 Å². The van der Waals surface area contributed by atoms with Gasteiger partial charge in [0.1, 0.15) is 195 Å². The number of aliphatic hydroxyl groups excluding tert-OH is 24. The summed E-state index contributed by atoms with van der Waals surface area (Å²) in [5.41, 5.74) is 0. The zero-order valence-corrected chi connectivity index (χ0v) is 49.7. The van der Waals surface area contributed by atoms with E-state index in [0.717, 1.165) is 0 Å². The average molecular weight is 1440 g/mol. The van der Waals surface area contributed by atoms with E-state index < -0.39 is 299 Å². The molecular weight excluding hydrogens is 1360 g/mol. The van der Waals surface area contributed by atoms with Gasteiger partial charge >= 0.3 is 0 Å². The van der Waals surface area contributed by atoms with E-state index >= 15 is 0 Å². The van der Waals surface area contributed by atoms with Gasteiger partial charge in [-0.15, -0.1) is 0 Å². The molecule has 0 aromatic carbocycles. The normalized spacial score (nSPS) is 54.7. The summed E-state index contributed by atoms with van der Waals surface area (Å²) in [5.74, 6) is 0. The molecule has 0 aromatic rings. The number of rotatable bonds is 8. The van der Waals surface area contributed by atoms with Crippen LogP contribution in [0.2, 0.25) is 0 Å². The molecule has 0 saturated carbocycles. The largest absolute Gasteiger partial charge is 0.394 e. The number of hydrogen-bond donors (Lipinski definition) is 24. The Morgan fingerprint density at radius 3 is 0.315 bits per heavy atom. The van der Waals surface area contributed by atoms with Gasteiger partial charge in [0.25, 0.3) is 0 Å². The van der Waals surface area contributed by atoms with Gasteiger partial charge in [-0.3, -0.25) is 0 Å². The van der Waals surface area contributed by atoms with Crippen LogP contribution in [0.3, 0.4) is 0 Å². The van der Waals surface area contributed by atoms with Crippen LogP contribution in [-0.4, -0.2) is 421 Å². The summed E-state index contributed by atoms with van der Waals surface area (Å²) < 4.78 is 91.1. The SMILES string of the molecule is OC[C@H]1O[C@@H]2O[C@H]3[C@H](O)[C@@H](O)[C@@H](O[C@H]4[C@H](O)[C@@H](O)[C@@H](O[C@H]5[C@H](O)[C@@H](O)[C@@H](O[C@H]6[C@H](O)[C@@H](O)[C@@H](O[C@H]7[C@H](O)[C@@H](O)[C@@H](O[C@H]8[C@H](O)[C@@H](O)[C@@H](O[C@H]9[C@H](O)[C@@H](O)[C@@H](O[C@H]1[C@H](O)[C@H]2O)O[C@@H]9CO)O[C@@H]8CO)O[C@@H]7CO)O[C@@H]6CO)O[C@@H]5CO)O[C@@H]4CO)O[C@@H]3CO.[Ce]. The van der Waals surface area contributed by atoms with E-state index in [1.807, 2.05) is 0 Å². The standard InChI is InChI=1S/C48H80O40.Ce/c49-1-9-33-17(57)25(65)41(73-9)82-34-10(2-50)75-43(27(67)19(34)59)84-36-12(4-52)77-45(29(69)21(36)61)86-38-14(6-54)79-47(31(71)23(38)63)88-40-16(8-56)80-48(32(72)24(40)64)87-39-15(7-55)78-46(30(70)22(39)62)85-37-13(5-53)76-44(28(68)20(37)60)83-35-11(3-51)74-42(81-33)26(66)18(35)58;/h9-72H,1-8H2;/t9-,10-,11-,12-,13-,14-,15-,16-,17-,18-,19-,20-,21-,22-,23-,24-,25-,26-,27-,28-,29-,30-,31-,32-,33-,34-,35-,36-,37-,38-,39-,40-,41-,42-,43-,44-,45-,46-,47-,48-;/m1./s1. The van der Waals surface area contributed by atoms with E-state index in [9.17, 15) is 123 Å². The Morgan fingerprint density at radius 2 is 0.236 bits per heavy atom. The molecule has 0 aliphatic carbocycles. The van der Waals surface area contributed by atoms with Gasteiger partial charge in [0.05, 0.1) is 52.9 Å². The first-order valence-electron chi connectivity index (χ1n) is 28.1. The summed E-state index contributed by atoms with van der Waals surface area (Å²) >= 11 is 0. The topological polar surface area (TPSA) is 633 Å². The predicted octanol–water partition coefficient (Wildman–Crippen LogP) is -17.4. The third kappa shape index (κ3) is 15.0. The molecule has 30 saturated heterocycles. The fourth-order valence-corrected chi connectivity index (χ4v) is 11.9. The molecule has 30 heterocycles. The van der Waals surface area contributed by atoms with E-state index in [2.05, 4.69) is 0 Å². The van der Waals surface area contributed by atoms with Crippen LogP contribution in [0.15, 0.2) is 0 Å². The minimum atomic E-state index is -2.25. The Balaban J connectivity index is 0.0000102. The van der Waals surface area contributed by atoms with Crippen LogP contribution in [0.1, 0.15) is 0 Å². The molecule has 30 fully saturated rings. The van der Waals surface area contributed by atoms with Gasteiger partial charge in [-0.25, -0.2) is 0 Å². The molecule has 0 radical (unpaired) electrons. The van der Waals surface area contributed by atoms with Crippen LogP contribution in [0, 0.1) is 41.7 Å². The molecule has 0 unspecified atom stereocenters. The first-order chi connectivity index (χ1) is 41.9. The third-order valence-corrected chi connectivity index (χ3v) is 16.9. The van der Waals surface area contributed by atoms with Crippen molar-refractivity contribution in [3.63, 3.8) is 0 Å². The zero-order valence-electron chi connectivity index (χ0n) is 46.5. The van der Waals surface area contributed by atoms with Crippen molar-refractivity contribution in [1.82, 2.24) is 0 Å². The van der Waals surface area contributed by atoms with Gasteiger partial charge in [-0.1, -0.05) is 0 Å². The quantitative estimate of drug-likeness (QED) is 0.107. The smallest absolute Gasteiger partial charge is 0.187 e. The van der Waals surface area contributed by atoms with Gasteiger partial charge in [-0.2, -0.15) is 0 Å². The minimum Gasteiger partial charge on any atom is -0.394 e. The van der Waals surface area contributed by atoms with Gasteiger partial charge < -0.3 is 198 Å². The third-order valence-electron chi connectivity index (χ3n) is 16.9. The monoisotopic (exact) mass is 1440 g/mol.